The minimum absolute atomic E-state index is 0.106. The van der Waals surface area contributed by atoms with Crippen molar-refractivity contribution in [3.63, 3.8) is 0 Å². The van der Waals surface area contributed by atoms with Crippen molar-refractivity contribution >= 4 is 34.0 Å². The summed E-state index contributed by atoms with van der Waals surface area (Å²) in [6.07, 6.45) is 3.78. The van der Waals surface area contributed by atoms with E-state index in [9.17, 15) is 14.5 Å². The van der Waals surface area contributed by atoms with Crippen LogP contribution in [-0.4, -0.2) is 17.0 Å². The lowest BCUT2D eigenvalue weighted by molar-refractivity contribution is -0.384. The van der Waals surface area contributed by atoms with Crippen molar-refractivity contribution in [2.45, 2.75) is 31.2 Å². The summed E-state index contributed by atoms with van der Waals surface area (Å²) in [4.78, 5) is 10.6. The molecule has 3 N–H and O–H groups in total. The molecule has 7 heteroatoms. The summed E-state index contributed by atoms with van der Waals surface area (Å²) in [7, 11) is 0. The summed E-state index contributed by atoms with van der Waals surface area (Å²) < 4.78 is 13.9. The lowest BCUT2D eigenvalue weighted by Gasteiger charge is -2.29. The van der Waals surface area contributed by atoms with Gasteiger partial charge in [-0.1, -0.05) is 12.8 Å². The third-order valence-electron chi connectivity index (χ3n) is 3.59. The third kappa shape index (κ3) is 2.97. The van der Waals surface area contributed by atoms with Crippen molar-refractivity contribution in [2.24, 2.45) is 5.73 Å². The second-order valence-corrected chi connectivity index (χ2v) is 6.02. The predicted octanol–water partition coefficient (Wildman–Crippen LogP) is 3.02. The van der Waals surface area contributed by atoms with Gasteiger partial charge in [0.15, 0.2) is 0 Å². The van der Waals surface area contributed by atoms with E-state index >= 15 is 0 Å². The van der Waals surface area contributed by atoms with Gasteiger partial charge in [-0.2, -0.15) is 0 Å². The van der Waals surface area contributed by atoms with E-state index in [0.717, 1.165) is 25.7 Å². The Bertz CT molecular complexity index is 504. The van der Waals surface area contributed by atoms with Gasteiger partial charge in [0.25, 0.3) is 5.69 Å². The van der Waals surface area contributed by atoms with Gasteiger partial charge in [-0.05, 0) is 35.4 Å². The second kappa shape index (κ2) is 5.58. The zero-order valence-corrected chi connectivity index (χ0v) is 12.4. The van der Waals surface area contributed by atoms with Gasteiger partial charge in [-0.3, -0.25) is 10.1 Å². The molecule has 0 amide bonds. The maximum absolute atomic E-state index is 13.6. The van der Waals surface area contributed by atoms with E-state index in [4.69, 9.17) is 5.73 Å². The molecule has 1 saturated carbocycles. The number of rotatable bonds is 4. The summed E-state index contributed by atoms with van der Waals surface area (Å²) in [5.41, 5.74) is 5.55. The van der Waals surface area contributed by atoms with E-state index in [2.05, 4.69) is 5.32 Å². The van der Waals surface area contributed by atoms with Gasteiger partial charge in [0.05, 0.1) is 8.49 Å². The molecule has 0 spiro atoms. The zero-order chi connectivity index (χ0) is 14.0. The summed E-state index contributed by atoms with van der Waals surface area (Å²) >= 11 is 1.75. The Labute approximate surface area is 124 Å². The fourth-order valence-corrected chi connectivity index (χ4v) is 2.96. The van der Waals surface area contributed by atoms with Crippen LogP contribution in [0, 0.1) is 19.5 Å². The molecule has 0 aliphatic heterocycles. The van der Waals surface area contributed by atoms with Crippen LogP contribution in [0.15, 0.2) is 12.1 Å². The summed E-state index contributed by atoms with van der Waals surface area (Å²) in [5.74, 6) is -0.459. The molecule has 5 nitrogen and oxygen atoms in total. The monoisotopic (exact) mass is 379 g/mol. The van der Waals surface area contributed by atoms with E-state index in [0.29, 0.717) is 6.54 Å². The molecule has 0 radical (unpaired) electrons. The normalized spacial score (nSPS) is 17.4. The lowest BCUT2D eigenvalue weighted by Crippen LogP contribution is -2.42. The third-order valence-corrected chi connectivity index (χ3v) is 4.41. The van der Waals surface area contributed by atoms with Crippen LogP contribution in [0.5, 0.6) is 0 Å². The molecule has 1 aliphatic carbocycles. The van der Waals surface area contributed by atoms with Crippen LogP contribution in [-0.2, 0) is 0 Å². The first-order chi connectivity index (χ1) is 8.97. The number of nitro benzene ring substituents is 1. The Morgan fingerprint density at radius 2 is 2.11 bits per heavy atom. The van der Waals surface area contributed by atoms with Crippen molar-refractivity contribution in [2.75, 3.05) is 11.9 Å². The van der Waals surface area contributed by atoms with Crippen LogP contribution < -0.4 is 11.1 Å². The first-order valence-electron chi connectivity index (χ1n) is 6.09. The molecule has 0 saturated heterocycles. The topological polar surface area (TPSA) is 81.2 Å². The Morgan fingerprint density at radius 1 is 1.47 bits per heavy atom. The first-order valence-corrected chi connectivity index (χ1v) is 7.17. The molecule has 19 heavy (non-hydrogen) atoms. The maximum Gasteiger partial charge on any atom is 0.293 e. The van der Waals surface area contributed by atoms with E-state index < -0.39 is 10.7 Å². The smallest absolute Gasteiger partial charge is 0.293 e. The number of hydrogen-bond acceptors (Lipinski definition) is 4. The van der Waals surface area contributed by atoms with E-state index in [1.54, 1.807) is 22.6 Å². The van der Waals surface area contributed by atoms with Gasteiger partial charge in [-0.15, -0.1) is 0 Å². The Balaban J connectivity index is 2.38. The van der Waals surface area contributed by atoms with Crippen LogP contribution in [0.2, 0.25) is 0 Å². The van der Waals surface area contributed by atoms with Crippen molar-refractivity contribution < 1.29 is 9.31 Å². The SMILES string of the molecule is NCC1(Nc2cc(F)c(I)cc2[N+](=O)[O-])CCCC1. The van der Waals surface area contributed by atoms with Crippen LogP contribution in [0.1, 0.15) is 25.7 Å². The van der Waals surface area contributed by atoms with Crippen molar-refractivity contribution in [3.8, 4) is 0 Å². The highest BCUT2D eigenvalue weighted by atomic mass is 127. The fraction of sp³-hybridized carbons (Fsp3) is 0.500. The van der Waals surface area contributed by atoms with E-state index in [1.807, 2.05) is 0 Å². The van der Waals surface area contributed by atoms with Gasteiger partial charge >= 0.3 is 0 Å². The number of hydrogen-bond donors (Lipinski definition) is 2. The van der Waals surface area contributed by atoms with Gasteiger partial charge < -0.3 is 11.1 Å². The van der Waals surface area contributed by atoms with Crippen LogP contribution in [0.25, 0.3) is 0 Å². The lowest BCUT2D eigenvalue weighted by atomic mass is 9.97. The molecule has 1 aromatic carbocycles. The van der Waals surface area contributed by atoms with Crippen LogP contribution >= 0.6 is 22.6 Å². The molecule has 1 aliphatic rings. The molecule has 2 rings (SSSR count). The minimum Gasteiger partial charge on any atom is -0.373 e. The second-order valence-electron chi connectivity index (χ2n) is 4.86. The highest BCUT2D eigenvalue weighted by molar-refractivity contribution is 14.1. The highest BCUT2D eigenvalue weighted by Gasteiger charge is 2.34. The Kier molecular flexibility index (Phi) is 4.24. The molecule has 1 aromatic rings. The largest absolute Gasteiger partial charge is 0.373 e. The molecular formula is C12H15FIN3O2. The Morgan fingerprint density at radius 3 is 2.63 bits per heavy atom. The highest BCUT2D eigenvalue weighted by Crippen LogP contribution is 2.36. The van der Waals surface area contributed by atoms with Gasteiger partial charge in [0, 0.05) is 24.2 Å². The van der Waals surface area contributed by atoms with Crippen molar-refractivity contribution in [1.29, 1.82) is 0 Å². The van der Waals surface area contributed by atoms with Gasteiger partial charge in [-0.25, -0.2) is 4.39 Å². The zero-order valence-electron chi connectivity index (χ0n) is 10.3. The number of nitro groups is 1. The average Bonchev–Trinajstić information content (AvgIpc) is 2.82. The Hall–Kier alpha value is -0.960. The number of nitrogens with zero attached hydrogens (tertiary/aromatic N) is 1. The number of anilines is 1. The molecule has 104 valence electrons. The number of nitrogens with one attached hydrogen (secondary N) is 1. The minimum atomic E-state index is -0.497. The molecule has 0 unspecified atom stereocenters. The number of benzene rings is 1. The number of halogens is 2. The molecule has 1 fully saturated rings. The molecule has 0 bridgehead atoms. The van der Waals surface area contributed by atoms with Crippen molar-refractivity contribution in [3.05, 3.63) is 31.6 Å². The molecule has 0 atom stereocenters. The van der Waals surface area contributed by atoms with Crippen molar-refractivity contribution in [1.82, 2.24) is 0 Å². The first kappa shape index (κ1) is 14.4. The average molecular weight is 379 g/mol. The predicted molar refractivity (Wildman–Crippen MR) is 79.6 cm³/mol. The number of nitrogens with two attached hydrogens (primary N) is 1. The standard InChI is InChI=1S/C12H15FIN3O2/c13-8-5-10(11(17(18)19)6-9(8)14)16-12(7-15)3-1-2-4-12/h5-6,16H,1-4,7,15H2. The van der Waals surface area contributed by atoms with E-state index in [1.165, 1.54) is 12.1 Å². The molecular weight excluding hydrogens is 364 g/mol. The molecule has 0 aromatic heterocycles. The maximum atomic E-state index is 13.6. The molecule has 0 heterocycles. The van der Waals surface area contributed by atoms with Crippen LogP contribution in [0.4, 0.5) is 15.8 Å². The summed E-state index contributed by atoms with van der Waals surface area (Å²) in [6.45, 7) is 0.387. The van der Waals surface area contributed by atoms with E-state index in [-0.39, 0.29) is 20.5 Å². The van der Waals surface area contributed by atoms with Gasteiger partial charge in [0.1, 0.15) is 11.5 Å². The van der Waals surface area contributed by atoms with Crippen LogP contribution in [0.3, 0.4) is 0 Å². The summed E-state index contributed by atoms with van der Waals surface area (Å²) in [5, 5.41) is 14.2. The fourth-order valence-electron chi connectivity index (χ4n) is 2.51. The van der Waals surface area contributed by atoms with Gasteiger partial charge in [0.2, 0.25) is 0 Å². The summed E-state index contributed by atoms with van der Waals surface area (Å²) in [6, 6.07) is 2.44. The quantitative estimate of drug-likeness (QED) is 0.479.